The van der Waals surface area contributed by atoms with Gasteiger partial charge in [-0.15, -0.1) is 0 Å². The molecule has 5 rings (SSSR count). The van der Waals surface area contributed by atoms with Crippen LogP contribution in [0.15, 0.2) is 58.1 Å². The maximum Gasteiger partial charge on any atom is 0.332 e. The summed E-state index contributed by atoms with van der Waals surface area (Å²) in [6.07, 6.45) is 3.52. The first-order valence-corrected chi connectivity index (χ1v) is 11.8. The largest absolute Gasteiger partial charge is 0.340 e. The first kappa shape index (κ1) is 21.5. The van der Waals surface area contributed by atoms with E-state index < -0.39 is 0 Å². The van der Waals surface area contributed by atoms with Crippen LogP contribution in [0.4, 0.5) is 0 Å². The maximum atomic E-state index is 13.2. The van der Waals surface area contributed by atoms with Crippen molar-refractivity contribution in [3.8, 4) is 0 Å². The molecule has 0 fully saturated rings. The molecule has 0 saturated heterocycles. The Hall–Kier alpha value is -3.32. The van der Waals surface area contributed by atoms with Crippen LogP contribution in [0.2, 0.25) is 5.28 Å². The molecule has 0 aliphatic rings. The minimum absolute atomic E-state index is 0.119. The lowest BCUT2D eigenvalue weighted by atomic mass is 10.2. The number of hydrogen-bond donors (Lipinski definition) is 1. The quantitative estimate of drug-likeness (QED) is 0.262. The number of halogens is 1. The Morgan fingerprint density at radius 2 is 1.42 bits per heavy atom. The Balaban J connectivity index is 1.49. The summed E-state index contributed by atoms with van der Waals surface area (Å²) in [5.74, 6) is 0. The highest BCUT2D eigenvalue weighted by molar-refractivity contribution is 6.29. The molecule has 33 heavy (non-hydrogen) atoms. The van der Waals surface area contributed by atoms with Gasteiger partial charge >= 0.3 is 5.69 Å². The van der Waals surface area contributed by atoms with Crippen LogP contribution in [0, 0.1) is 0 Å². The van der Waals surface area contributed by atoms with Gasteiger partial charge in [0.2, 0.25) is 5.28 Å². The number of para-hydroxylation sites is 2. The van der Waals surface area contributed by atoms with Crippen LogP contribution < -0.4 is 11.2 Å². The van der Waals surface area contributed by atoms with Gasteiger partial charge in [-0.3, -0.25) is 13.9 Å². The third-order valence-electron chi connectivity index (χ3n) is 6.26. The van der Waals surface area contributed by atoms with Crippen LogP contribution in [-0.2, 0) is 19.6 Å². The van der Waals surface area contributed by atoms with E-state index in [0.717, 1.165) is 30.3 Å². The Bertz CT molecular complexity index is 1520. The topological polar surface area (TPSA) is 77.6 Å². The van der Waals surface area contributed by atoms with Gasteiger partial charge in [0.05, 0.1) is 0 Å². The Morgan fingerprint density at radius 3 is 2.09 bits per heavy atom. The normalized spacial score (nSPS) is 11.8. The van der Waals surface area contributed by atoms with Crippen molar-refractivity contribution in [2.75, 3.05) is 0 Å². The summed E-state index contributed by atoms with van der Waals surface area (Å²) in [5.41, 5.74) is 2.23. The van der Waals surface area contributed by atoms with Crippen LogP contribution in [-0.4, -0.2) is 23.7 Å². The number of aromatic amines is 1. The number of aromatic nitrogens is 5. The number of nitrogens with one attached hydrogen (secondary N) is 1. The van der Waals surface area contributed by atoms with Crippen LogP contribution in [0.3, 0.4) is 0 Å². The lowest BCUT2D eigenvalue weighted by Crippen LogP contribution is -2.40. The zero-order valence-corrected chi connectivity index (χ0v) is 19.3. The molecule has 0 bridgehead atoms. The Labute approximate surface area is 195 Å². The van der Waals surface area contributed by atoms with Crippen molar-refractivity contribution >= 4 is 44.6 Å². The van der Waals surface area contributed by atoms with Crippen LogP contribution in [0.5, 0.6) is 0 Å². The molecule has 5 aromatic rings. The highest BCUT2D eigenvalue weighted by Crippen LogP contribution is 2.28. The molecule has 3 aromatic heterocycles. The number of H-pyrrole nitrogens is 1. The molecule has 0 atom stereocenters. The SMILES string of the molecule is CCCCCn1c(=O)n(CCCn2c3ccccc3c3ccccc32)c(=O)c2[nH]c(Cl)nc21. The van der Waals surface area contributed by atoms with E-state index in [1.165, 1.54) is 15.3 Å². The lowest BCUT2D eigenvalue weighted by molar-refractivity contribution is 0.509. The fourth-order valence-electron chi connectivity index (χ4n) is 4.69. The van der Waals surface area contributed by atoms with Gasteiger partial charge in [-0.05, 0) is 36.6 Å². The molecule has 0 saturated carbocycles. The number of fused-ring (bicyclic) bond motifs is 4. The average Bonchev–Trinajstić information content (AvgIpc) is 3.37. The van der Waals surface area contributed by atoms with Gasteiger partial charge in [0.15, 0.2) is 11.2 Å². The van der Waals surface area contributed by atoms with E-state index in [0.29, 0.717) is 31.7 Å². The molecule has 0 unspecified atom stereocenters. The van der Waals surface area contributed by atoms with Gasteiger partial charge in [-0.25, -0.2) is 4.79 Å². The second-order valence-electron chi connectivity index (χ2n) is 8.36. The predicted octanol–water partition coefficient (Wildman–Crippen LogP) is 4.93. The summed E-state index contributed by atoms with van der Waals surface area (Å²) < 4.78 is 5.16. The Kier molecular flexibility index (Phi) is 5.81. The van der Waals surface area contributed by atoms with Gasteiger partial charge in [0.1, 0.15) is 0 Å². The highest BCUT2D eigenvalue weighted by atomic mass is 35.5. The van der Waals surface area contributed by atoms with Crippen molar-refractivity contribution in [1.82, 2.24) is 23.7 Å². The zero-order valence-electron chi connectivity index (χ0n) is 18.6. The molecule has 0 spiro atoms. The monoisotopic (exact) mass is 463 g/mol. The zero-order chi connectivity index (χ0) is 22.9. The molecular weight excluding hydrogens is 438 g/mol. The van der Waals surface area contributed by atoms with Crippen molar-refractivity contribution in [2.45, 2.75) is 52.2 Å². The molecule has 0 aliphatic heterocycles. The smallest absolute Gasteiger partial charge is 0.332 e. The molecule has 7 nitrogen and oxygen atoms in total. The van der Waals surface area contributed by atoms with Crippen LogP contribution in [0.25, 0.3) is 33.0 Å². The van der Waals surface area contributed by atoms with E-state index in [4.69, 9.17) is 11.6 Å². The third-order valence-corrected chi connectivity index (χ3v) is 6.44. The van der Waals surface area contributed by atoms with Crippen molar-refractivity contribution in [3.05, 3.63) is 74.7 Å². The van der Waals surface area contributed by atoms with E-state index in [-0.39, 0.29) is 22.0 Å². The molecule has 8 heteroatoms. The summed E-state index contributed by atoms with van der Waals surface area (Å²) in [5, 5.41) is 2.53. The first-order chi connectivity index (χ1) is 16.1. The maximum absolute atomic E-state index is 13.2. The number of hydrogen-bond acceptors (Lipinski definition) is 3. The molecule has 0 aliphatic carbocycles. The molecule has 2 aromatic carbocycles. The predicted molar refractivity (Wildman–Crippen MR) is 133 cm³/mol. The second kappa shape index (κ2) is 8.90. The number of unbranched alkanes of at least 4 members (excludes halogenated alkanes) is 2. The summed E-state index contributed by atoms with van der Waals surface area (Å²) in [6.45, 7) is 3.63. The van der Waals surface area contributed by atoms with Crippen molar-refractivity contribution in [3.63, 3.8) is 0 Å². The number of imidazole rings is 1. The first-order valence-electron chi connectivity index (χ1n) is 11.4. The molecule has 3 heterocycles. The fraction of sp³-hybridized carbons (Fsp3) is 0.320. The van der Waals surface area contributed by atoms with E-state index in [9.17, 15) is 9.59 Å². The van der Waals surface area contributed by atoms with Crippen molar-refractivity contribution < 1.29 is 0 Å². The van der Waals surface area contributed by atoms with Gasteiger partial charge in [-0.1, -0.05) is 56.2 Å². The minimum Gasteiger partial charge on any atom is -0.340 e. The van der Waals surface area contributed by atoms with Gasteiger partial charge < -0.3 is 9.55 Å². The third kappa shape index (κ3) is 3.76. The van der Waals surface area contributed by atoms with Crippen LogP contribution in [0.1, 0.15) is 32.6 Å². The van der Waals surface area contributed by atoms with E-state index in [2.05, 4.69) is 45.7 Å². The molecule has 170 valence electrons. The highest BCUT2D eigenvalue weighted by Gasteiger charge is 2.17. The summed E-state index contributed by atoms with van der Waals surface area (Å²) in [7, 11) is 0. The number of benzene rings is 2. The van der Waals surface area contributed by atoms with Crippen molar-refractivity contribution in [1.29, 1.82) is 0 Å². The van der Waals surface area contributed by atoms with Gasteiger partial charge in [-0.2, -0.15) is 4.98 Å². The molecular formula is C25H26ClN5O2. The van der Waals surface area contributed by atoms with Gasteiger partial charge in [0.25, 0.3) is 5.56 Å². The molecule has 0 radical (unpaired) electrons. The number of rotatable bonds is 8. The second-order valence-corrected chi connectivity index (χ2v) is 8.72. The minimum atomic E-state index is -0.372. The van der Waals surface area contributed by atoms with Crippen LogP contribution >= 0.6 is 11.6 Å². The van der Waals surface area contributed by atoms with E-state index >= 15 is 0 Å². The number of aryl methyl sites for hydroxylation is 2. The summed E-state index contributed by atoms with van der Waals surface area (Å²) in [4.78, 5) is 33.4. The fourth-order valence-corrected chi connectivity index (χ4v) is 4.86. The molecule has 0 amide bonds. The lowest BCUT2D eigenvalue weighted by Gasteiger charge is -2.12. The Morgan fingerprint density at radius 1 is 0.818 bits per heavy atom. The van der Waals surface area contributed by atoms with Gasteiger partial charge in [0, 0.05) is 41.4 Å². The standard InChI is InChI=1S/C25H26ClN5O2/c1-2-3-8-14-30-22-21(27-24(26)28-22)23(32)31(25(30)33)16-9-15-29-19-12-6-4-10-17(19)18-11-5-7-13-20(18)29/h4-7,10-13H,2-3,8-9,14-16H2,1H3,(H,27,28). The average molecular weight is 464 g/mol. The van der Waals surface area contributed by atoms with E-state index in [1.807, 2.05) is 24.3 Å². The summed E-state index contributed by atoms with van der Waals surface area (Å²) in [6, 6.07) is 16.6. The van der Waals surface area contributed by atoms with E-state index in [1.54, 1.807) is 4.57 Å². The molecule has 1 N–H and O–H groups in total. The number of nitrogens with zero attached hydrogens (tertiary/aromatic N) is 4. The van der Waals surface area contributed by atoms with Crippen molar-refractivity contribution in [2.24, 2.45) is 0 Å². The summed E-state index contributed by atoms with van der Waals surface area (Å²) >= 11 is 6.04.